The molecule has 2 fully saturated rings. The average molecular weight is 436 g/mol. The fraction of sp³-hybridized carbons (Fsp3) is 0.476. The highest BCUT2D eigenvalue weighted by Crippen LogP contribution is 2.37. The van der Waals surface area contributed by atoms with E-state index in [1.165, 1.54) is 6.07 Å². The number of nitrogens with zero attached hydrogens (tertiary/aromatic N) is 2. The number of hydrogen-bond donors (Lipinski definition) is 1. The van der Waals surface area contributed by atoms with Crippen molar-refractivity contribution in [2.24, 2.45) is 0 Å². The maximum absolute atomic E-state index is 14.0. The number of carbonyl (C=O) groups excluding carboxylic acids is 2. The van der Waals surface area contributed by atoms with Crippen LogP contribution in [0.3, 0.4) is 0 Å². The zero-order valence-corrected chi connectivity index (χ0v) is 17.4. The van der Waals surface area contributed by atoms with Gasteiger partial charge in [0, 0.05) is 36.8 Å². The van der Waals surface area contributed by atoms with Gasteiger partial charge in [-0.25, -0.2) is 9.18 Å². The first-order valence-electron chi connectivity index (χ1n) is 10.2. The van der Waals surface area contributed by atoms with Crippen LogP contribution < -0.4 is 10.7 Å². The highest BCUT2D eigenvalue weighted by Gasteiger charge is 2.29. The van der Waals surface area contributed by atoms with E-state index in [4.69, 9.17) is 16.3 Å². The van der Waals surface area contributed by atoms with Gasteiger partial charge < -0.3 is 19.5 Å². The number of amides is 2. The largest absolute Gasteiger partial charge is 0.450 e. The summed E-state index contributed by atoms with van der Waals surface area (Å²) in [5.74, 6) is -1.17. The number of ether oxygens (including phenoxy) is 1. The maximum atomic E-state index is 14.0. The highest BCUT2D eigenvalue weighted by atomic mass is 35.5. The zero-order valence-electron chi connectivity index (χ0n) is 16.6. The van der Waals surface area contributed by atoms with Crippen molar-refractivity contribution >= 4 is 34.5 Å². The van der Waals surface area contributed by atoms with Crippen LogP contribution in [0.15, 0.2) is 23.1 Å². The lowest BCUT2D eigenvalue weighted by atomic mass is 10.0. The van der Waals surface area contributed by atoms with Crippen LogP contribution in [0, 0.1) is 5.82 Å². The molecule has 1 aromatic heterocycles. The summed E-state index contributed by atoms with van der Waals surface area (Å²) in [6, 6.07) is 2.57. The number of carbonyl (C=O) groups is 2. The van der Waals surface area contributed by atoms with E-state index in [-0.39, 0.29) is 34.1 Å². The van der Waals surface area contributed by atoms with Gasteiger partial charge in [0.2, 0.25) is 5.43 Å². The van der Waals surface area contributed by atoms with Crippen molar-refractivity contribution < 1.29 is 18.7 Å². The van der Waals surface area contributed by atoms with Gasteiger partial charge in [0.05, 0.1) is 17.1 Å². The van der Waals surface area contributed by atoms with Crippen molar-refractivity contribution in [3.05, 3.63) is 45.0 Å². The summed E-state index contributed by atoms with van der Waals surface area (Å²) < 4.78 is 20.9. The van der Waals surface area contributed by atoms with Gasteiger partial charge in [0.25, 0.3) is 5.91 Å². The van der Waals surface area contributed by atoms with Crippen molar-refractivity contribution in [3.8, 4) is 0 Å². The Labute approximate surface area is 177 Å². The number of piperidine rings is 1. The quantitative estimate of drug-likeness (QED) is 0.797. The Kier molecular flexibility index (Phi) is 5.69. The number of hydrogen-bond acceptors (Lipinski definition) is 4. The molecule has 1 aromatic carbocycles. The van der Waals surface area contributed by atoms with E-state index in [1.807, 2.05) is 4.57 Å². The summed E-state index contributed by atoms with van der Waals surface area (Å²) in [7, 11) is 0. The summed E-state index contributed by atoms with van der Waals surface area (Å²) in [4.78, 5) is 39.2. The predicted molar refractivity (Wildman–Crippen MR) is 111 cm³/mol. The topological polar surface area (TPSA) is 80.6 Å². The number of fused-ring (bicyclic) bond motifs is 1. The van der Waals surface area contributed by atoms with E-state index in [1.54, 1.807) is 18.0 Å². The van der Waals surface area contributed by atoms with Gasteiger partial charge in [-0.15, -0.1) is 0 Å². The lowest BCUT2D eigenvalue weighted by molar-refractivity contribution is 0.0859. The van der Waals surface area contributed by atoms with Gasteiger partial charge in [-0.05, 0) is 44.7 Å². The van der Waals surface area contributed by atoms with Gasteiger partial charge in [-0.3, -0.25) is 9.59 Å². The Hall–Kier alpha value is -2.61. The Bertz CT molecular complexity index is 1060. The molecule has 0 bridgehead atoms. The van der Waals surface area contributed by atoms with Crippen molar-refractivity contribution in [1.29, 1.82) is 0 Å². The number of likely N-dealkylation sites (tertiary alicyclic amines) is 1. The summed E-state index contributed by atoms with van der Waals surface area (Å²) in [6.45, 7) is 3.01. The molecule has 2 amide bonds. The van der Waals surface area contributed by atoms with E-state index >= 15 is 0 Å². The predicted octanol–water partition coefficient (Wildman–Crippen LogP) is 3.48. The van der Waals surface area contributed by atoms with Crippen LogP contribution in [0.4, 0.5) is 9.18 Å². The summed E-state index contributed by atoms with van der Waals surface area (Å²) in [5, 5.41) is 2.99. The number of nitrogens with one attached hydrogen (secondary N) is 1. The Morgan fingerprint density at radius 2 is 1.93 bits per heavy atom. The molecule has 2 aromatic rings. The second-order valence-corrected chi connectivity index (χ2v) is 8.13. The normalized spacial score (nSPS) is 17.2. The Morgan fingerprint density at radius 1 is 1.23 bits per heavy atom. The first kappa shape index (κ1) is 20.7. The molecule has 7 nitrogen and oxygen atoms in total. The Morgan fingerprint density at radius 3 is 2.57 bits per heavy atom. The molecule has 30 heavy (non-hydrogen) atoms. The number of benzene rings is 1. The van der Waals surface area contributed by atoms with E-state index in [0.29, 0.717) is 38.1 Å². The molecule has 0 atom stereocenters. The molecule has 0 spiro atoms. The first-order valence-corrected chi connectivity index (χ1v) is 10.5. The number of rotatable bonds is 4. The second-order valence-electron chi connectivity index (χ2n) is 7.73. The van der Waals surface area contributed by atoms with Crippen molar-refractivity contribution in [3.63, 3.8) is 0 Å². The molecular weight excluding hydrogens is 413 g/mol. The zero-order chi connectivity index (χ0) is 21.4. The SMILES string of the molecule is CCOC(=O)N1CCC(NC(=O)c2cn(C3CC3)c3cc(Cl)c(F)cc3c2=O)CC1. The summed E-state index contributed by atoms with van der Waals surface area (Å²) in [5.41, 5.74) is 0.0102. The first-order chi connectivity index (χ1) is 14.4. The fourth-order valence-corrected chi connectivity index (χ4v) is 4.00. The molecule has 2 heterocycles. The molecule has 1 saturated carbocycles. The summed E-state index contributed by atoms with van der Waals surface area (Å²) in [6.07, 6.45) is 4.20. The van der Waals surface area contributed by atoms with Gasteiger partial charge in [0.1, 0.15) is 11.4 Å². The van der Waals surface area contributed by atoms with Crippen LogP contribution >= 0.6 is 11.6 Å². The number of halogens is 2. The average Bonchev–Trinajstić information content (AvgIpc) is 3.56. The van der Waals surface area contributed by atoms with Gasteiger partial charge in [0.15, 0.2) is 0 Å². The summed E-state index contributed by atoms with van der Waals surface area (Å²) >= 11 is 5.92. The molecule has 9 heteroatoms. The minimum Gasteiger partial charge on any atom is -0.450 e. The van der Waals surface area contributed by atoms with Crippen molar-refractivity contribution in [1.82, 2.24) is 14.8 Å². The van der Waals surface area contributed by atoms with Crippen molar-refractivity contribution in [2.75, 3.05) is 19.7 Å². The van der Waals surface area contributed by atoms with Gasteiger partial charge in [-0.1, -0.05) is 11.6 Å². The van der Waals surface area contributed by atoms with Crippen LogP contribution in [0.1, 0.15) is 49.0 Å². The smallest absolute Gasteiger partial charge is 0.409 e. The third-order valence-electron chi connectivity index (χ3n) is 5.62. The molecule has 1 saturated heterocycles. The monoisotopic (exact) mass is 435 g/mol. The molecule has 2 aliphatic rings. The lowest BCUT2D eigenvalue weighted by Gasteiger charge is -2.31. The molecule has 0 radical (unpaired) electrons. The van der Waals surface area contributed by atoms with E-state index in [9.17, 15) is 18.8 Å². The second kappa shape index (κ2) is 8.26. The van der Waals surface area contributed by atoms with Gasteiger partial charge >= 0.3 is 6.09 Å². The van der Waals surface area contributed by atoms with E-state index < -0.39 is 17.2 Å². The molecule has 1 aliphatic heterocycles. The van der Waals surface area contributed by atoms with Gasteiger partial charge in [-0.2, -0.15) is 0 Å². The molecule has 1 N–H and O–H groups in total. The standard InChI is InChI=1S/C21H23ClFN3O4/c1-2-30-21(29)25-7-5-12(6-8-25)24-20(28)15-11-26(13-3-4-13)18-10-16(22)17(23)9-14(18)19(15)27/h9-13H,2-8H2,1H3,(H,24,28). The Balaban J connectivity index is 1.55. The van der Waals surface area contributed by atoms with Crippen LogP contribution in [-0.4, -0.2) is 47.2 Å². The van der Waals surface area contributed by atoms with Crippen molar-refractivity contribution in [2.45, 2.75) is 44.7 Å². The third-order valence-corrected chi connectivity index (χ3v) is 5.90. The number of pyridine rings is 1. The van der Waals surface area contributed by atoms with Crippen LogP contribution in [0.2, 0.25) is 5.02 Å². The van der Waals surface area contributed by atoms with E-state index in [0.717, 1.165) is 18.9 Å². The number of aromatic nitrogens is 1. The minimum atomic E-state index is -0.687. The maximum Gasteiger partial charge on any atom is 0.409 e. The molecule has 4 rings (SSSR count). The highest BCUT2D eigenvalue weighted by molar-refractivity contribution is 6.31. The van der Waals surface area contributed by atoms with Crippen LogP contribution in [0.25, 0.3) is 10.9 Å². The molecule has 1 aliphatic carbocycles. The van der Waals surface area contributed by atoms with Crippen LogP contribution in [0.5, 0.6) is 0 Å². The minimum absolute atomic E-state index is 0.0102. The van der Waals surface area contributed by atoms with Crippen LogP contribution in [-0.2, 0) is 4.74 Å². The van der Waals surface area contributed by atoms with E-state index in [2.05, 4.69) is 5.32 Å². The molecular formula is C21H23ClFN3O4. The molecule has 0 unspecified atom stereocenters. The molecule has 160 valence electrons. The third kappa shape index (κ3) is 4.01. The fourth-order valence-electron chi connectivity index (χ4n) is 3.85. The lowest BCUT2D eigenvalue weighted by Crippen LogP contribution is -2.47.